The topological polar surface area (TPSA) is 55.4 Å². The molecule has 0 spiro atoms. The van der Waals surface area contributed by atoms with E-state index in [-0.39, 0.29) is 5.91 Å². The molecule has 0 saturated heterocycles. The van der Waals surface area contributed by atoms with E-state index in [2.05, 4.69) is 27.8 Å². The average molecular weight is 298 g/mol. The average Bonchev–Trinajstić information content (AvgIpc) is 2.31. The summed E-state index contributed by atoms with van der Waals surface area (Å²) >= 11 is 3.27. The summed E-state index contributed by atoms with van der Waals surface area (Å²) in [4.78, 5) is 22.6. The van der Waals surface area contributed by atoms with Gasteiger partial charge in [-0.3, -0.25) is 4.79 Å². The van der Waals surface area contributed by atoms with Crippen LogP contribution in [0.1, 0.15) is 17.3 Å². The molecule has 0 fully saturated rings. The molecule has 1 N–H and O–H groups in total. The smallest absolute Gasteiger partial charge is 0.338 e. The summed E-state index contributed by atoms with van der Waals surface area (Å²) in [5.74, 6) is -0.704. The van der Waals surface area contributed by atoms with Gasteiger partial charge in [0.1, 0.15) is 0 Å². The number of hydrogen-bond acceptors (Lipinski definition) is 3. The predicted molar refractivity (Wildman–Crippen MR) is 68.9 cm³/mol. The maximum Gasteiger partial charge on any atom is 0.338 e. The van der Waals surface area contributed by atoms with Gasteiger partial charge in [-0.25, -0.2) is 4.79 Å². The monoisotopic (exact) mass is 297 g/mol. The number of halogens is 1. The van der Waals surface area contributed by atoms with Gasteiger partial charge in [0, 0.05) is 4.47 Å². The fraction of sp³-hybridized carbons (Fsp3) is 0.167. The Labute approximate surface area is 108 Å². The Morgan fingerprint density at radius 1 is 1.53 bits per heavy atom. The van der Waals surface area contributed by atoms with E-state index < -0.39 is 5.97 Å². The molecule has 5 heteroatoms. The molecule has 1 aromatic rings. The van der Waals surface area contributed by atoms with E-state index in [1.807, 2.05) is 0 Å². The highest BCUT2D eigenvalue weighted by Gasteiger charge is 2.09. The zero-order chi connectivity index (χ0) is 12.8. The maximum absolute atomic E-state index is 11.4. The van der Waals surface area contributed by atoms with Gasteiger partial charge in [0.25, 0.3) is 0 Å². The third kappa shape index (κ3) is 3.71. The molecular formula is C12H12BrNO3. The number of esters is 1. The lowest BCUT2D eigenvalue weighted by Crippen LogP contribution is -2.09. The molecule has 4 nitrogen and oxygen atoms in total. The molecule has 0 aliphatic carbocycles. The summed E-state index contributed by atoms with van der Waals surface area (Å²) < 4.78 is 5.47. The first-order chi connectivity index (χ1) is 8.08. The highest BCUT2D eigenvalue weighted by molar-refractivity contribution is 9.10. The number of anilines is 1. The van der Waals surface area contributed by atoms with Crippen LogP contribution in [0.3, 0.4) is 0 Å². The molecule has 0 radical (unpaired) electrons. The highest BCUT2D eigenvalue weighted by atomic mass is 79.9. The standard InChI is InChI=1S/C12H12BrNO3/c1-3-11(15)14-10-6-5-8(7-9(10)13)12(16)17-4-2/h3,5-7H,1,4H2,2H3,(H,14,15). The second kappa shape index (κ2) is 6.20. The van der Waals surface area contributed by atoms with E-state index in [1.54, 1.807) is 25.1 Å². The fourth-order valence-electron chi connectivity index (χ4n) is 1.14. The lowest BCUT2D eigenvalue weighted by molar-refractivity contribution is -0.111. The Balaban J connectivity index is 2.89. The molecule has 1 amide bonds. The van der Waals surface area contributed by atoms with Crippen LogP contribution in [0.5, 0.6) is 0 Å². The van der Waals surface area contributed by atoms with Gasteiger partial charge in [-0.1, -0.05) is 6.58 Å². The molecule has 90 valence electrons. The first kappa shape index (κ1) is 13.4. The molecule has 0 unspecified atom stereocenters. The molecule has 0 atom stereocenters. The van der Waals surface area contributed by atoms with Gasteiger partial charge in [-0.15, -0.1) is 0 Å². The van der Waals surface area contributed by atoms with E-state index >= 15 is 0 Å². The third-order valence-electron chi connectivity index (χ3n) is 1.92. The Morgan fingerprint density at radius 3 is 2.76 bits per heavy atom. The first-order valence-electron chi connectivity index (χ1n) is 4.98. The number of rotatable bonds is 4. The van der Waals surface area contributed by atoms with Crippen molar-refractivity contribution in [1.29, 1.82) is 0 Å². The molecule has 1 rings (SSSR count). The SMILES string of the molecule is C=CC(=O)Nc1ccc(C(=O)OCC)cc1Br. The zero-order valence-corrected chi connectivity index (χ0v) is 10.9. The van der Waals surface area contributed by atoms with Gasteiger partial charge in [0.05, 0.1) is 17.9 Å². The summed E-state index contributed by atoms with van der Waals surface area (Å²) in [6, 6.07) is 4.80. The van der Waals surface area contributed by atoms with Crippen molar-refractivity contribution in [1.82, 2.24) is 0 Å². The van der Waals surface area contributed by atoms with Crippen molar-refractivity contribution in [3.8, 4) is 0 Å². The lowest BCUT2D eigenvalue weighted by atomic mass is 10.2. The maximum atomic E-state index is 11.4. The summed E-state index contributed by atoms with van der Waals surface area (Å²) in [5, 5.41) is 2.60. The molecule has 0 aliphatic rings. The molecule has 1 aromatic carbocycles. The minimum absolute atomic E-state index is 0.311. The summed E-state index contributed by atoms with van der Waals surface area (Å²) in [6.45, 7) is 5.42. The van der Waals surface area contributed by atoms with Gasteiger partial charge in [0.15, 0.2) is 0 Å². The van der Waals surface area contributed by atoms with E-state index in [1.165, 1.54) is 6.08 Å². The molecule has 0 heterocycles. The number of hydrogen-bond donors (Lipinski definition) is 1. The molecular weight excluding hydrogens is 286 g/mol. The van der Waals surface area contributed by atoms with Crippen LogP contribution in [0.4, 0.5) is 5.69 Å². The van der Waals surface area contributed by atoms with Crippen LogP contribution in [-0.4, -0.2) is 18.5 Å². The second-order valence-electron chi connectivity index (χ2n) is 3.11. The largest absolute Gasteiger partial charge is 0.462 e. The van der Waals surface area contributed by atoms with Crippen LogP contribution < -0.4 is 5.32 Å². The highest BCUT2D eigenvalue weighted by Crippen LogP contribution is 2.24. The van der Waals surface area contributed by atoms with Crippen molar-refractivity contribution < 1.29 is 14.3 Å². The van der Waals surface area contributed by atoms with Crippen molar-refractivity contribution in [2.45, 2.75) is 6.92 Å². The number of amides is 1. The van der Waals surface area contributed by atoms with E-state index in [9.17, 15) is 9.59 Å². The van der Waals surface area contributed by atoms with E-state index in [0.29, 0.717) is 22.3 Å². The fourth-order valence-corrected chi connectivity index (χ4v) is 1.62. The number of carbonyl (C=O) groups is 2. The van der Waals surface area contributed by atoms with Gasteiger partial charge in [-0.2, -0.15) is 0 Å². The van der Waals surface area contributed by atoms with Crippen LogP contribution in [0.15, 0.2) is 35.3 Å². The molecule has 0 saturated carbocycles. The Kier molecular flexibility index (Phi) is 4.90. The molecule has 0 aromatic heterocycles. The van der Waals surface area contributed by atoms with Gasteiger partial charge >= 0.3 is 5.97 Å². The number of carbonyl (C=O) groups excluding carboxylic acids is 2. The molecule has 17 heavy (non-hydrogen) atoms. The minimum atomic E-state index is -0.394. The van der Waals surface area contributed by atoms with Crippen molar-refractivity contribution >= 4 is 33.5 Å². The summed E-state index contributed by atoms with van der Waals surface area (Å²) in [5.41, 5.74) is 0.998. The lowest BCUT2D eigenvalue weighted by Gasteiger charge is -2.07. The van der Waals surface area contributed by atoms with Gasteiger partial charge in [0.2, 0.25) is 5.91 Å². The summed E-state index contributed by atoms with van der Waals surface area (Å²) in [6.07, 6.45) is 1.17. The number of benzene rings is 1. The second-order valence-corrected chi connectivity index (χ2v) is 3.96. The Bertz CT molecular complexity index is 457. The Hall–Kier alpha value is -1.62. The van der Waals surface area contributed by atoms with Gasteiger partial charge < -0.3 is 10.1 Å². The number of ether oxygens (including phenoxy) is 1. The molecule has 0 aliphatic heterocycles. The quantitative estimate of drug-likeness (QED) is 0.687. The van der Waals surface area contributed by atoms with Crippen LogP contribution in [-0.2, 0) is 9.53 Å². The first-order valence-corrected chi connectivity index (χ1v) is 5.78. The van der Waals surface area contributed by atoms with Crippen LogP contribution in [0.2, 0.25) is 0 Å². The van der Waals surface area contributed by atoms with Crippen molar-refractivity contribution in [3.63, 3.8) is 0 Å². The van der Waals surface area contributed by atoms with Crippen molar-refractivity contribution in [2.24, 2.45) is 0 Å². The number of nitrogens with one attached hydrogen (secondary N) is 1. The van der Waals surface area contributed by atoms with E-state index in [4.69, 9.17) is 4.74 Å². The predicted octanol–water partition coefficient (Wildman–Crippen LogP) is 2.75. The zero-order valence-electron chi connectivity index (χ0n) is 9.33. The van der Waals surface area contributed by atoms with E-state index in [0.717, 1.165) is 0 Å². The van der Waals surface area contributed by atoms with Crippen LogP contribution in [0.25, 0.3) is 0 Å². The third-order valence-corrected chi connectivity index (χ3v) is 2.58. The normalized spacial score (nSPS) is 9.53. The Morgan fingerprint density at radius 2 is 2.24 bits per heavy atom. The van der Waals surface area contributed by atoms with Crippen LogP contribution in [0, 0.1) is 0 Å². The van der Waals surface area contributed by atoms with Crippen molar-refractivity contribution in [3.05, 3.63) is 40.9 Å². The van der Waals surface area contributed by atoms with Gasteiger partial charge in [-0.05, 0) is 47.1 Å². The molecule has 0 bridgehead atoms. The minimum Gasteiger partial charge on any atom is -0.462 e. The van der Waals surface area contributed by atoms with Crippen molar-refractivity contribution in [2.75, 3.05) is 11.9 Å². The van der Waals surface area contributed by atoms with Crippen LogP contribution >= 0.6 is 15.9 Å². The summed E-state index contributed by atoms with van der Waals surface area (Å²) in [7, 11) is 0.